The number of likely N-dealkylation sites (N-methyl/N-ethyl adjacent to an activating group) is 1. The van der Waals surface area contributed by atoms with Gasteiger partial charge < -0.3 is 32.2 Å². The molecule has 2 aromatic rings. The number of nitrogens with one attached hydrogen (secondary N) is 1. The van der Waals surface area contributed by atoms with E-state index >= 15 is 0 Å². The molecule has 3 aliphatic rings. The van der Waals surface area contributed by atoms with Crippen molar-refractivity contribution in [3.63, 3.8) is 0 Å². The average molecular weight is 576 g/mol. The molecule has 0 saturated heterocycles. The zero-order chi connectivity index (χ0) is 30.9. The second kappa shape index (κ2) is 9.67. The highest BCUT2D eigenvalue weighted by Crippen LogP contribution is 2.56. The molecule has 1 aromatic carbocycles. The standard InChI is InChI=1S/C29H33N7O6/c1-35(2)23-22(39)19(26(31)42)24(40)28(13-30)25(41)20-21(38)18-16(9-27(20,32)12-29(23,28)33)14(6-7-17(18)37)10-34-11-15-5-4-8-36(15)3/h4-8,19-20,23,34,37H,9-12,32-33H2,1-3H3,(H2,31,42)/t19?,20?,23-,27-,28+,29-/m1/s1. The number of hydrogen-bond donors (Lipinski definition) is 5. The molecule has 2 unspecified atom stereocenters. The fraction of sp³-hybridized carbons (Fsp3) is 0.448. The first-order chi connectivity index (χ1) is 19.7. The quantitative estimate of drug-likeness (QED) is 0.247. The Morgan fingerprint density at radius 3 is 2.43 bits per heavy atom. The molecule has 1 aromatic heterocycles. The van der Waals surface area contributed by atoms with Gasteiger partial charge in [-0.05, 0) is 56.3 Å². The predicted octanol–water partition coefficient (Wildman–Crippen LogP) is -1.56. The molecule has 0 spiro atoms. The number of fused-ring (bicyclic) bond motifs is 3. The van der Waals surface area contributed by atoms with Crippen LogP contribution in [-0.2, 0) is 45.7 Å². The minimum atomic E-state index is -2.76. The Kier molecular flexibility index (Phi) is 6.74. The van der Waals surface area contributed by atoms with Crippen molar-refractivity contribution in [2.45, 2.75) is 43.1 Å². The molecule has 0 radical (unpaired) electrons. The number of aryl methyl sites for hydroxylation is 1. The van der Waals surface area contributed by atoms with Gasteiger partial charge in [0.1, 0.15) is 11.7 Å². The second-order valence-corrected chi connectivity index (χ2v) is 11.9. The Morgan fingerprint density at radius 2 is 1.86 bits per heavy atom. The number of amides is 1. The van der Waals surface area contributed by atoms with Gasteiger partial charge in [0.05, 0.1) is 23.2 Å². The van der Waals surface area contributed by atoms with Crippen LogP contribution in [0.2, 0.25) is 0 Å². The molecule has 3 aliphatic carbocycles. The van der Waals surface area contributed by atoms with Crippen LogP contribution in [0.1, 0.15) is 33.6 Å². The molecule has 8 N–H and O–H groups in total. The van der Waals surface area contributed by atoms with Gasteiger partial charge in [0, 0.05) is 37.6 Å². The summed E-state index contributed by atoms with van der Waals surface area (Å²) in [5.74, 6) is -9.89. The first-order valence-electron chi connectivity index (χ1n) is 13.4. The van der Waals surface area contributed by atoms with Crippen LogP contribution in [0.4, 0.5) is 0 Å². The summed E-state index contributed by atoms with van der Waals surface area (Å²) in [5.41, 5.74) is 14.4. The molecule has 5 rings (SSSR count). The third-order valence-electron chi connectivity index (χ3n) is 9.24. The van der Waals surface area contributed by atoms with Crippen LogP contribution in [0.5, 0.6) is 5.75 Å². The second-order valence-electron chi connectivity index (χ2n) is 11.9. The zero-order valence-electron chi connectivity index (χ0n) is 23.5. The number of nitriles is 1. The number of nitrogens with zero attached hydrogens (tertiary/aromatic N) is 3. The van der Waals surface area contributed by atoms with E-state index in [0.29, 0.717) is 24.2 Å². The highest BCUT2D eigenvalue weighted by molar-refractivity contribution is 6.33. The monoisotopic (exact) mass is 575 g/mol. The fourth-order valence-electron chi connectivity index (χ4n) is 7.44. The highest BCUT2D eigenvalue weighted by atomic mass is 16.3. The maximum atomic E-state index is 14.4. The lowest BCUT2D eigenvalue weighted by molar-refractivity contribution is -0.166. The molecule has 13 nitrogen and oxygen atoms in total. The Hall–Kier alpha value is -4.22. The lowest BCUT2D eigenvalue weighted by Gasteiger charge is -2.60. The maximum absolute atomic E-state index is 14.4. The number of aromatic hydroxyl groups is 1. The minimum Gasteiger partial charge on any atom is -0.507 e. The number of phenols is 1. The van der Waals surface area contributed by atoms with Gasteiger partial charge in [-0.15, -0.1) is 0 Å². The van der Waals surface area contributed by atoms with Crippen molar-refractivity contribution < 1.29 is 29.1 Å². The molecule has 2 saturated carbocycles. The van der Waals surface area contributed by atoms with Crippen LogP contribution in [0.25, 0.3) is 0 Å². The van der Waals surface area contributed by atoms with Gasteiger partial charge in [-0.2, -0.15) is 5.26 Å². The van der Waals surface area contributed by atoms with Crippen LogP contribution in [0.3, 0.4) is 0 Å². The van der Waals surface area contributed by atoms with E-state index in [9.17, 15) is 34.3 Å². The first kappa shape index (κ1) is 29.3. The number of phenolic OH excluding ortho intramolecular Hbond substituents is 1. The average Bonchev–Trinajstić information content (AvgIpc) is 3.28. The molecular weight excluding hydrogens is 542 g/mol. The molecule has 6 atom stereocenters. The zero-order valence-corrected chi connectivity index (χ0v) is 23.5. The smallest absolute Gasteiger partial charge is 0.235 e. The van der Waals surface area contributed by atoms with Gasteiger partial charge in [0.25, 0.3) is 0 Å². The van der Waals surface area contributed by atoms with Gasteiger partial charge in [-0.1, -0.05) is 6.07 Å². The summed E-state index contributed by atoms with van der Waals surface area (Å²) in [6.45, 7) is 0.803. The van der Waals surface area contributed by atoms with Gasteiger partial charge in [0.2, 0.25) is 5.91 Å². The number of Topliss-reactive ketones (excluding diaryl/α,β-unsaturated/α-hetero) is 4. The molecule has 13 heteroatoms. The topological polar surface area (TPSA) is 228 Å². The molecule has 1 amide bonds. The number of ketones is 4. The van der Waals surface area contributed by atoms with Crippen molar-refractivity contribution >= 4 is 29.0 Å². The van der Waals surface area contributed by atoms with E-state index < -0.39 is 69.8 Å². The third-order valence-corrected chi connectivity index (χ3v) is 9.24. The Labute approximate surface area is 241 Å². The molecular formula is C29H33N7O6. The van der Waals surface area contributed by atoms with Crippen molar-refractivity contribution in [1.82, 2.24) is 14.8 Å². The summed E-state index contributed by atoms with van der Waals surface area (Å²) in [6, 6.07) is 7.11. The Bertz CT molecular complexity index is 1610. The number of carbonyl (C=O) groups is 5. The molecule has 42 heavy (non-hydrogen) atoms. The van der Waals surface area contributed by atoms with Crippen LogP contribution < -0.4 is 22.5 Å². The Balaban J connectivity index is 1.63. The van der Waals surface area contributed by atoms with E-state index in [-0.39, 0.29) is 17.7 Å². The van der Waals surface area contributed by atoms with Crippen LogP contribution in [0.15, 0.2) is 30.5 Å². The van der Waals surface area contributed by atoms with E-state index in [0.717, 1.165) is 5.69 Å². The van der Waals surface area contributed by atoms with E-state index in [4.69, 9.17) is 17.2 Å². The number of benzene rings is 1. The number of rotatable bonds is 6. The van der Waals surface area contributed by atoms with Crippen molar-refractivity contribution in [1.29, 1.82) is 5.26 Å². The molecule has 220 valence electrons. The summed E-state index contributed by atoms with van der Waals surface area (Å²) in [4.78, 5) is 69.3. The molecule has 0 aliphatic heterocycles. The van der Waals surface area contributed by atoms with Gasteiger partial charge >= 0.3 is 0 Å². The summed E-state index contributed by atoms with van der Waals surface area (Å²) in [6.07, 6.45) is 1.35. The van der Waals surface area contributed by atoms with Crippen LogP contribution >= 0.6 is 0 Å². The predicted molar refractivity (Wildman–Crippen MR) is 147 cm³/mol. The number of aromatic nitrogens is 1. The van der Waals surface area contributed by atoms with Crippen LogP contribution in [0, 0.1) is 28.6 Å². The van der Waals surface area contributed by atoms with E-state index in [1.54, 1.807) is 12.1 Å². The highest BCUT2D eigenvalue weighted by Gasteiger charge is 2.78. The van der Waals surface area contributed by atoms with E-state index in [2.05, 4.69) is 5.32 Å². The van der Waals surface area contributed by atoms with Crippen molar-refractivity contribution in [3.05, 3.63) is 52.8 Å². The van der Waals surface area contributed by atoms with Crippen molar-refractivity contribution in [2.75, 3.05) is 14.1 Å². The molecule has 0 bridgehead atoms. The maximum Gasteiger partial charge on any atom is 0.235 e. The van der Waals surface area contributed by atoms with Gasteiger partial charge in [0.15, 0.2) is 34.5 Å². The van der Waals surface area contributed by atoms with E-state index in [1.807, 2.05) is 29.9 Å². The molecule has 1 heterocycles. The minimum absolute atomic E-state index is 0.109. The Morgan fingerprint density at radius 1 is 1.17 bits per heavy atom. The van der Waals surface area contributed by atoms with Gasteiger partial charge in [-0.3, -0.25) is 28.9 Å². The summed E-state index contributed by atoms with van der Waals surface area (Å²) >= 11 is 0. The van der Waals surface area contributed by atoms with Crippen molar-refractivity contribution in [2.24, 2.45) is 41.5 Å². The number of carbonyl (C=O) groups excluding carboxylic acids is 5. The summed E-state index contributed by atoms with van der Waals surface area (Å²) < 4.78 is 1.95. The lowest BCUT2D eigenvalue weighted by Crippen LogP contribution is -2.85. The number of nitrogens with two attached hydrogens (primary N) is 3. The largest absolute Gasteiger partial charge is 0.507 e. The molecule has 2 fully saturated rings. The lowest BCUT2D eigenvalue weighted by atomic mass is 9.42. The summed E-state index contributed by atoms with van der Waals surface area (Å²) in [7, 11) is 4.83. The summed E-state index contributed by atoms with van der Waals surface area (Å²) in [5, 5.41) is 24.5. The number of primary amides is 1. The normalized spacial score (nSPS) is 32.3. The van der Waals surface area contributed by atoms with Gasteiger partial charge in [-0.25, -0.2) is 0 Å². The first-order valence-corrected chi connectivity index (χ1v) is 13.4. The fourth-order valence-corrected chi connectivity index (χ4v) is 7.44. The number of hydrogen-bond acceptors (Lipinski definition) is 11. The van der Waals surface area contributed by atoms with E-state index in [1.165, 1.54) is 25.1 Å². The van der Waals surface area contributed by atoms with Crippen molar-refractivity contribution in [3.8, 4) is 11.8 Å². The SMILES string of the molecule is CN(C)[C@@H]1C(=O)C(C(N)=O)C(=O)[C@@]2(C#N)C(=O)C3C(=O)c4c(O)ccc(CNCc5cccn5C)c4C[C@@]3(N)C[C@@]12N. The third kappa shape index (κ3) is 3.73. The van der Waals surface area contributed by atoms with Crippen LogP contribution in [-0.4, -0.2) is 74.8 Å².